The van der Waals surface area contributed by atoms with E-state index in [2.05, 4.69) is 14.9 Å². The number of aromatic amines is 1. The summed E-state index contributed by atoms with van der Waals surface area (Å²) in [6.07, 6.45) is 0. The van der Waals surface area contributed by atoms with Crippen LogP contribution in [0.5, 0.6) is 5.75 Å². The minimum absolute atomic E-state index is 0.0412. The van der Waals surface area contributed by atoms with Gasteiger partial charge in [0.2, 0.25) is 0 Å². The molecule has 0 aliphatic carbocycles. The quantitative estimate of drug-likeness (QED) is 0.746. The van der Waals surface area contributed by atoms with Gasteiger partial charge in [0.1, 0.15) is 10.6 Å². The predicted molar refractivity (Wildman–Crippen MR) is 79.6 cm³/mol. The highest BCUT2D eigenvalue weighted by Crippen LogP contribution is 2.23. The monoisotopic (exact) mass is 310 g/mol. The van der Waals surface area contributed by atoms with Crippen LogP contribution in [-0.4, -0.2) is 25.2 Å². The fourth-order valence-electron chi connectivity index (χ4n) is 1.99. The molecule has 7 nitrogen and oxygen atoms in total. The highest BCUT2D eigenvalue weighted by molar-refractivity contribution is 7.92. The van der Waals surface area contributed by atoms with E-state index in [1.807, 2.05) is 6.92 Å². The Morgan fingerprint density at radius 3 is 2.86 bits per heavy atom. The molecular formula is C13H18N4O3S. The first kappa shape index (κ1) is 15.3. The average molecular weight is 310 g/mol. The van der Waals surface area contributed by atoms with Crippen LogP contribution >= 0.6 is 0 Å². The van der Waals surface area contributed by atoms with Gasteiger partial charge in [0.25, 0.3) is 10.0 Å². The first-order valence-electron chi connectivity index (χ1n) is 6.47. The number of nitrogens with two attached hydrogens (primary N) is 1. The Labute approximate surface area is 123 Å². The van der Waals surface area contributed by atoms with E-state index >= 15 is 0 Å². The molecule has 1 heterocycles. The number of sulfonamides is 1. The van der Waals surface area contributed by atoms with Crippen molar-refractivity contribution in [2.24, 2.45) is 5.73 Å². The number of hydrogen-bond acceptors (Lipinski definition) is 5. The number of aromatic nitrogens is 2. The lowest BCUT2D eigenvalue weighted by molar-refractivity contribution is 0.340. The second kappa shape index (κ2) is 6.15. The van der Waals surface area contributed by atoms with Gasteiger partial charge < -0.3 is 10.5 Å². The first-order valence-corrected chi connectivity index (χ1v) is 7.96. The lowest BCUT2D eigenvalue weighted by Crippen LogP contribution is -2.16. The molecule has 2 aromatic rings. The Bertz CT molecular complexity index is 725. The summed E-state index contributed by atoms with van der Waals surface area (Å²) >= 11 is 0. The van der Waals surface area contributed by atoms with Crippen LogP contribution in [0.2, 0.25) is 0 Å². The molecule has 2 rings (SSSR count). The summed E-state index contributed by atoms with van der Waals surface area (Å²) in [5.41, 5.74) is 6.70. The van der Waals surface area contributed by atoms with Crippen molar-refractivity contribution >= 4 is 15.7 Å². The van der Waals surface area contributed by atoms with Gasteiger partial charge in [-0.1, -0.05) is 6.07 Å². The molecule has 0 unspecified atom stereocenters. The standard InChI is InChI=1S/C13H18N4O3S/c1-3-20-11-6-4-5-10(7-11)17-21(18,19)13-9(2)15-16-12(13)8-14/h4-7,17H,3,8,14H2,1-2H3,(H,15,16). The van der Waals surface area contributed by atoms with E-state index in [0.717, 1.165) is 0 Å². The SMILES string of the molecule is CCOc1cccc(NS(=O)(=O)c2c(CN)n[nH]c2C)c1. The summed E-state index contributed by atoms with van der Waals surface area (Å²) in [4.78, 5) is 0.0896. The molecule has 1 aromatic heterocycles. The molecule has 0 saturated heterocycles. The normalized spacial score (nSPS) is 11.4. The van der Waals surface area contributed by atoms with Crippen LogP contribution in [0.25, 0.3) is 0 Å². The van der Waals surface area contributed by atoms with Crippen LogP contribution in [-0.2, 0) is 16.6 Å². The summed E-state index contributed by atoms with van der Waals surface area (Å²) in [5.74, 6) is 0.598. The van der Waals surface area contributed by atoms with E-state index in [0.29, 0.717) is 29.4 Å². The van der Waals surface area contributed by atoms with Crippen LogP contribution in [0.4, 0.5) is 5.69 Å². The van der Waals surface area contributed by atoms with E-state index in [1.54, 1.807) is 31.2 Å². The number of benzene rings is 1. The van der Waals surface area contributed by atoms with Crippen molar-refractivity contribution in [3.63, 3.8) is 0 Å². The molecule has 21 heavy (non-hydrogen) atoms. The molecule has 0 radical (unpaired) electrons. The molecule has 0 saturated carbocycles. The van der Waals surface area contributed by atoms with E-state index < -0.39 is 10.0 Å². The summed E-state index contributed by atoms with van der Waals surface area (Å²) in [7, 11) is -3.75. The van der Waals surface area contributed by atoms with Gasteiger partial charge in [-0.05, 0) is 26.0 Å². The lowest BCUT2D eigenvalue weighted by atomic mass is 10.3. The molecule has 0 amide bonds. The van der Waals surface area contributed by atoms with Gasteiger partial charge in [-0.3, -0.25) is 9.82 Å². The highest BCUT2D eigenvalue weighted by atomic mass is 32.2. The van der Waals surface area contributed by atoms with Crippen molar-refractivity contribution in [1.29, 1.82) is 0 Å². The molecule has 1 aromatic carbocycles. The predicted octanol–water partition coefficient (Wildman–Crippen LogP) is 1.38. The third-order valence-corrected chi connectivity index (χ3v) is 4.40. The van der Waals surface area contributed by atoms with Crippen LogP contribution in [0, 0.1) is 6.92 Å². The first-order chi connectivity index (χ1) is 9.97. The Hall–Kier alpha value is -2.06. The minimum Gasteiger partial charge on any atom is -0.494 e. The van der Waals surface area contributed by atoms with Gasteiger partial charge in [-0.15, -0.1) is 0 Å². The summed E-state index contributed by atoms with van der Waals surface area (Å²) in [6.45, 7) is 4.05. The molecular weight excluding hydrogens is 292 g/mol. The molecule has 0 spiro atoms. The van der Waals surface area contributed by atoms with Crippen molar-refractivity contribution in [2.75, 3.05) is 11.3 Å². The van der Waals surface area contributed by atoms with Gasteiger partial charge in [-0.25, -0.2) is 8.42 Å². The largest absolute Gasteiger partial charge is 0.494 e. The maximum Gasteiger partial charge on any atom is 0.265 e. The van der Waals surface area contributed by atoms with Crippen molar-refractivity contribution in [3.8, 4) is 5.75 Å². The smallest absolute Gasteiger partial charge is 0.265 e. The van der Waals surface area contributed by atoms with Gasteiger partial charge >= 0.3 is 0 Å². The third kappa shape index (κ3) is 3.34. The number of anilines is 1. The molecule has 0 atom stereocenters. The Morgan fingerprint density at radius 2 is 2.19 bits per heavy atom. The fourth-order valence-corrected chi connectivity index (χ4v) is 3.41. The second-order valence-electron chi connectivity index (χ2n) is 4.39. The molecule has 0 fully saturated rings. The van der Waals surface area contributed by atoms with Gasteiger partial charge in [0, 0.05) is 12.6 Å². The maximum atomic E-state index is 12.5. The summed E-state index contributed by atoms with van der Waals surface area (Å²) in [5, 5.41) is 6.53. The topological polar surface area (TPSA) is 110 Å². The van der Waals surface area contributed by atoms with E-state index in [4.69, 9.17) is 10.5 Å². The second-order valence-corrected chi connectivity index (χ2v) is 6.01. The average Bonchev–Trinajstić information content (AvgIpc) is 2.81. The zero-order valence-corrected chi connectivity index (χ0v) is 12.7. The van der Waals surface area contributed by atoms with E-state index in [-0.39, 0.29) is 11.4 Å². The lowest BCUT2D eigenvalue weighted by Gasteiger charge is -2.10. The number of ether oxygens (including phenoxy) is 1. The number of H-pyrrole nitrogens is 1. The number of aryl methyl sites for hydroxylation is 1. The van der Waals surface area contributed by atoms with Crippen molar-refractivity contribution in [2.45, 2.75) is 25.3 Å². The Kier molecular flexibility index (Phi) is 4.49. The fraction of sp³-hybridized carbons (Fsp3) is 0.308. The van der Waals surface area contributed by atoms with Crippen molar-refractivity contribution < 1.29 is 13.2 Å². The van der Waals surface area contributed by atoms with Gasteiger partial charge in [0.15, 0.2) is 0 Å². The molecule has 0 aliphatic heterocycles. The van der Waals surface area contributed by atoms with Crippen LogP contribution in [0.15, 0.2) is 29.2 Å². The molecule has 114 valence electrons. The van der Waals surface area contributed by atoms with Crippen molar-refractivity contribution in [3.05, 3.63) is 35.7 Å². The number of nitrogens with one attached hydrogen (secondary N) is 2. The zero-order chi connectivity index (χ0) is 15.5. The maximum absolute atomic E-state index is 12.5. The molecule has 0 aliphatic rings. The Balaban J connectivity index is 2.33. The van der Waals surface area contributed by atoms with Crippen LogP contribution in [0.1, 0.15) is 18.3 Å². The van der Waals surface area contributed by atoms with Crippen LogP contribution in [0.3, 0.4) is 0 Å². The Morgan fingerprint density at radius 1 is 1.43 bits per heavy atom. The molecule has 8 heteroatoms. The van der Waals surface area contributed by atoms with E-state index in [9.17, 15) is 8.42 Å². The third-order valence-electron chi connectivity index (χ3n) is 2.82. The molecule has 0 bridgehead atoms. The number of nitrogens with zero attached hydrogens (tertiary/aromatic N) is 1. The van der Waals surface area contributed by atoms with Gasteiger partial charge in [-0.2, -0.15) is 5.10 Å². The molecule has 4 N–H and O–H groups in total. The number of rotatable bonds is 6. The van der Waals surface area contributed by atoms with Crippen LogP contribution < -0.4 is 15.2 Å². The summed E-state index contributed by atoms with van der Waals surface area (Å²) < 4.78 is 32.8. The zero-order valence-electron chi connectivity index (χ0n) is 11.9. The number of hydrogen-bond donors (Lipinski definition) is 3. The van der Waals surface area contributed by atoms with Gasteiger partial charge in [0.05, 0.1) is 23.7 Å². The van der Waals surface area contributed by atoms with Crippen molar-refractivity contribution in [1.82, 2.24) is 10.2 Å². The minimum atomic E-state index is -3.75. The highest BCUT2D eigenvalue weighted by Gasteiger charge is 2.23. The van der Waals surface area contributed by atoms with E-state index in [1.165, 1.54) is 0 Å². The summed E-state index contributed by atoms with van der Waals surface area (Å²) in [6, 6.07) is 6.75.